The van der Waals surface area contributed by atoms with Crippen LogP contribution in [0.1, 0.15) is 14.3 Å². The van der Waals surface area contributed by atoms with Crippen LogP contribution in [0.4, 0.5) is 0 Å². The van der Waals surface area contributed by atoms with E-state index in [0.717, 1.165) is 0 Å². The zero-order valence-electron chi connectivity index (χ0n) is 9.54. The van der Waals surface area contributed by atoms with Crippen molar-refractivity contribution in [3.63, 3.8) is 0 Å². The van der Waals surface area contributed by atoms with Crippen molar-refractivity contribution in [2.75, 3.05) is 0 Å². The molecule has 0 bridgehead atoms. The smallest absolute Gasteiger partial charge is 1.00 e. The van der Waals surface area contributed by atoms with Crippen molar-refractivity contribution in [2.24, 2.45) is 0 Å². The number of hydrogen-bond acceptors (Lipinski definition) is 4. The van der Waals surface area contributed by atoms with E-state index in [9.17, 15) is 14.4 Å². The molecule has 0 spiro atoms. The van der Waals surface area contributed by atoms with Gasteiger partial charge in [0.2, 0.25) is 0 Å². The molecule has 0 saturated heterocycles. The van der Waals surface area contributed by atoms with Crippen LogP contribution in [0.3, 0.4) is 0 Å². The van der Waals surface area contributed by atoms with E-state index in [-0.39, 0.29) is 91.4 Å². The Labute approximate surface area is 160 Å². The number of carboxylic acid groups (broad SMARTS) is 3. The van der Waals surface area contributed by atoms with Gasteiger partial charge >= 0.3 is 95.5 Å². The third-order valence-corrected chi connectivity index (χ3v) is 1.29. The minimum Gasteiger partial charge on any atom is -1.00 e. The van der Waals surface area contributed by atoms with E-state index in [1.54, 1.807) is 0 Å². The van der Waals surface area contributed by atoms with Gasteiger partial charge in [0.25, 0.3) is 0 Å². The zero-order valence-corrected chi connectivity index (χ0v) is 18.0. The van der Waals surface area contributed by atoms with Crippen molar-refractivity contribution in [3.8, 4) is 0 Å². The van der Waals surface area contributed by atoms with Crippen molar-refractivity contribution in [1.29, 1.82) is 0 Å². The predicted molar refractivity (Wildman–Crippen MR) is 55.4 cm³/mol. The first-order valence-corrected chi connectivity index (χ1v) is 3.17. The summed E-state index contributed by atoms with van der Waals surface area (Å²) in [5.41, 5.74) is -2.74. The molecule has 4 N–H and O–H groups in total. The summed E-state index contributed by atoms with van der Waals surface area (Å²) in [5, 5.41) is 33.8. The molecule has 0 unspecified atom stereocenters. The van der Waals surface area contributed by atoms with E-state index in [0.29, 0.717) is 0 Å². The summed E-state index contributed by atoms with van der Waals surface area (Å²) in [6.45, 7) is 0. The summed E-state index contributed by atoms with van der Waals surface area (Å²) in [4.78, 5) is 30.5. The second kappa shape index (κ2) is 11.3. The molecule has 0 radical (unpaired) electrons. The van der Waals surface area contributed by atoms with Crippen LogP contribution >= 0.6 is 12.4 Å². The van der Waals surface area contributed by atoms with Gasteiger partial charge in [-0.05, 0) is 0 Å². The molecule has 92 valence electrons. The molecule has 0 aromatic rings. The molecular weight excluding hydrogens is 468 g/mol. The largest absolute Gasteiger partial charge is 1.00 e. The molecule has 16 heavy (non-hydrogen) atoms. The first-order valence-electron chi connectivity index (χ1n) is 3.17. The molecule has 0 heterocycles. The third-order valence-electron chi connectivity index (χ3n) is 1.29. The van der Waals surface area contributed by atoms with Crippen molar-refractivity contribution in [3.05, 3.63) is 0 Å². The van der Waals surface area contributed by atoms with Gasteiger partial charge < -0.3 is 21.9 Å². The molecular formula is C6H13BiClKO7. The molecule has 0 aliphatic rings. The first-order chi connectivity index (χ1) is 5.78. The third kappa shape index (κ3) is 10.3. The molecule has 7 nitrogen and oxygen atoms in total. The van der Waals surface area contributed by atoms with Crippen LogP contribution < -0.4 is 51.4 Å². The topological polar surface area (TPSA) is 132 Å². The van der Waals surface area contributed by atoms with Gasteiger partial charge in [0, 0.05) is 0 Å². The van der Waals surface area contributed by atoms with Gasteiger partial charge in [0.05, 0.1) is 12.8 Å². The van der Waals surface area contributed by atoms with Gasteiger partial charge in [0.15, 0.2) is 5.60 Å². The number of hydrogen-bond donors (Lipinski definition) is 4. The Morgan fingerprint density at radius 2 is 1.25 bits per heavy atom. The Balaban J connectivity index is -0.000000120. The maximum absolute atomic E-state index is 10.3. The molecule has 10 heteroatoms. The van der Waals surface area contributed by atoms with Crippen molar-refractivity contribution >= 4 is 56.5 Å². The fraction of sp³-hybridized carbons (Fsp3) is 0.500. The first kappa shape index (κ1) is 25.9. The van der Waals surface area contributed by atoms with Gasteiger partial charge in [-0.3, -0.25) is 9.59 Å². The van der Waals surface area contributed by atoms with E-state index in [4.69, 9.17) is 20.4 Å². The van der Waals surface area contributed by atoms with Crippen LogP contribution in [0.25, 0.3) is 0 Å². The van der Waals surface area contributed by atoms with Crippen molar-refractivity contribution in [1.82, 2.24) is 0 Å². The summed E-state index contributed by atoms with van der Waals surface area (Å²) >= 11 is 0. The van der Waals surface area contributed by atoms with Crippen molar-refractivity contribution < 1.29 is 87.6 Å². The molecule has 0 fully saturated rings. The van der Waals surface area contributed by atoms with Gasteiger partial charge in [-0.2, -0.15) is 0 Å². The number of aliphatic hydroxyl groups is 1. The molecule has 0 aliphatic heterocycles. The molecule has 0 saturated carbocycles. The minimum absolute atomic E-state index is 0. The molecule has 0 aromatic carbocycles. The standard InChI is InChI=1S/C6H8O7.Bi.ClH.K.4H/c7-3(8)1-6(13,5(11)12)2-4(9)10;;;;;;;/h13H,1-2H2,(H,7,8)(H,9,10)(H,11,12);;1H;;;;;/q;;;+1;;;;-1. The Hall–Kier alpha value is 1.18. The van der Waals surface area contributed by atoms with E-state index in [2.05, 4.69) is 0 Å². The SMILES string of the molecule is Cl.O=C(O)CC(O)(CC(=O)O)C(=O)O.[BiH3].[H-].[K+]. The van der Waals surface area contributed by atoms with E-state index >= 15 is 0 Å². The molecule has 0 amide bonds. The van der Waals surface area contributed by atoms with Crippen LogP contribution in [0.2, 0.25) is 0 Å². The van der Waals surface area contributed by atoms with Gasteiger partial charge in [-0.15, -0.1) is 12.4 Å². The maximum Gasteiger partial charge on any atom is 1.00 e. The minimum atomic E-state index is -2.74. The Morgan fingerprint density at radius 3 is 1.38 bits per heavy atom. The van der Waals surface area contributed by atoms with E-state index < -0.39 is 36.4 Å². The van der Waals surface area contributed by atoms with Crippen molar-refractivity contribution in [2.45, 2.75) is 18.4 Å². The van der Waals surface area contributed by atoms with Crippen LogP contribution in [0.15, 0.2) is 0 Å². The zero-order chi connectivity index (χ0) is 10.6. The van der Waals surface area contributed by atoms with E-state index in [1.165, 1.54) is 0 Å². The summed E-state index contributed by atoms with van der Waals surface area (Å²) in [5.74, 6) is -5.02. The number of halogens is 1. The van der Waals surface area contributed by atoms with Gasteiger partial charge in [-0.25, -0.2) is 4.79 Å². The molecule has 0 rings (SSSR count). The van der Waals surface area contributed by atoms with Gasteiger partial charge in [0.1, 0.15) is 0 Å². The van der Waals surface area contributed by atoms with Crippen LogP contribution in [-0.2, 0) is 14.4 Å². The van der Waals surface area contributed by atoms with Gasteiger partial charge in [-0.1, -0.05) is 0 Å². The summed E-state index contributed by atoms with van der Waals surface area (Å²) in [7, 11) is 0. The molecule has 0 aromatic heterocycles. The summed E-state index contributed by atoms with van der Waals surface area (Å²) < 4.78 is 0. The quantitative estimate of drug-likeness (QED) is 0.290. The Morgan fingerprint density at radius 1 is 1.00 bits per heavy atom. The molecule has 0 aliphatic carbocycles. The van der Waals surface area contributed by atoms with Crippen LogP contribution in [0, 0.1) is 0 Å². The average Bonchev–Trinajstić information content (AvgIpc) is 1.82. The van der Waals surface area contributed by atoms with Crippen LogP contribution in [0.5, 0.6) is 0 Å². The number of aliphatic carboxylic acids is 3. The fourth-order valence-corrected chi connectivity index (χ4v) is 0.714. The van der Waals surface area contributed by atoms with E-state index in [1.807, 2.05) is 0 Å². The normalized spacial score (nSPS) is 8.81. The Bertz CT molecular complexity index is 249. The predicted octanol–water partition coefficient (Wildman–Crippen LogP) is -4.89. The number of carboxylic acids is 3. The fourth-order valence-electron chi connectivity index (χ4n) is 0.714. The monoisotopic (exact) mass is 480 g/mol. The number of rotatable bonds is 5. The summed E-state index contributed by atoms with van der Waals surface area (Å²) in [6, 6.07) is 0. The number of carbonyl (C=O) groups is 3. The summed E-state index contributed by atoms with van der Waals surface area (Å²) in [6.07, 6.45) is -2.29. The second-order valence-electron chi connectivity index (χ2n) is 2.48. The van der Waals surface area contributed by atoms with Crippen LogP contribution in [-0.4, -0.2) is 70.1 Å². The Kier molecular flexibility index (Phi) is 18.3. The average molecular weight is 481 g/mol. The maximum atomic E-state index is 10.3. The second-order valence-corrected chi connectivity index (χ2v) is 2.48. The molecule has 0 atom stereocenters.